The van der Waals surface area contributed by atoms with Crippen molar-refractivity contribution in [2.24, 2.45) is 5.41 Å². The van der Waals surface area contributed by atoms with Crippen LogP contribution in [-0.4, -0.2) is 49.7 Å². The molecule has 3 heterocycles. The lowest BCUT2D eigenvalue weighted by atomic mass is 9.73. The third-order valence-corrected chi connectivity index (χ3v) is 5.11. The minimum absolute atomic E-state index is 0.130. The Morgan fingerprint density at radius 1 is 1.53 bits per heavy atom. The van der Waals surface area contributed by atoms with Crippen molar-refractivity contribution in [3.8, 4) is 0 Å². The Labute approximate surface area is 117 Å². The molecule has 2 saturated heterocycles. The first-order chi connectivity index (χ1) is 9.23. The lowest BCUT2D eigenvalue weighted by Crippen LogP contribution is -2.57. The van der Waals surface area contributed by atoms with Gasteiger partial charge in [-0.2, -0.15) is 0 Å². The molecule has 2 fully saturated rings. The smallest absolute Gasteiger partial charge is 0.208 e. The summed E-state index contributed by atoms with van der Waals surface area (Å²) in [5.74, 6) is 0. The number of aromatic nitrogens is 2. The molecular formula is C13H21N3O2S. The van der Waals surface area contributed by atoms with E-state index < -0.39 is 0 Å². The summed E-state index contributed by atoms with van der Waals surface area (Å²) in [7, 11) is 1.79. The molecule has 0 aliphatic carbocycles. The summed E-state index contributed by atoms with van der Waals surface area (Å²) in [5, 5.41) is 10.5. The first kappa shape index (κ1) is 13.3. The lowest BCUT2D eigenvalue weighted by Gasteiger charge is -2.50. The van der Waals surface area contributed by atoms with Crippen molar-refractivity contribution in [1.29, 1.82) is 0 Å². The highest BCUT2D eigenvalue weighted by Crippen LogP contribution is 2.41. The average Bonchev–Trinajstić information content (AvgIpc) is 2.85. The van der Waals surface area contributed by atoms with Gasteiger partial charge >= 0.3 is 0 Å². The van der Waals surface area contributed by atoms with E-state index in [1.807, 2.05) is 6.92 Å². The van der Waals surface area contributed by atoms with Crippen LogP contribution < -0.4 is 4.90 Å². The van der Waals surface area contributed by atoms with Gasteiger partial charge in [0.2, 0.25) is 5.13 Å². The van der Waals surface area contributed by atoms with E-state index >= 15 is 0 Å². The number of hydrogen-bond donors (Lipinski definition) is 0. The second-order valence-corrected chi connectivity index (χ2v) is 6.73. The third-order valence-electron chi connectivity index (χ3n) is 4.21. The van der Waals surface area contributed by atoms with Crippen LogP contribution >= 0.6 is 11.3 Å². The van der Waals surface area contributed by atoms with Crippen LogP contribution in [0.1, 0.15) is 24.3 Å². The summed E-state index contributed by atoms with van der Waals surface area (Å²) in [5.41, 5.74) is 0.130. The van der Waals surface area contributed by atoms with Gasteiger partial charge in [0.05, 0.1) is 12.7 Å². The summed E-state index contributed by atoms with van der Waals surface area (Å²) < 4.78 is 11.5. The molecule has 0 aromatic carbocycles. The number of anilines is 1. The van der Waals surface area contributed by atoms with Crippen LogP contribution in [0.3, 0.4) is 0 Å². The number of aryl methyl sites for hydroxylation is 1. The van der Waals surface area contributed by atoms with Crippen LogP contribution in [0, 0.1) is 12.3 Å². The van der Waals surface area contributed by atoms with Crippen molar-refractivity contribution in [2.75, 3.05) is 38.3 Å². The van der Waals surface area contributed by atoms with Crippen molar-refractivity contribution >= 4 is 16.5 Å². The Hall–Kier alpha value is -0.720. The van der Waals surface area contributed by atoms with E-state index in [9.17, 15) is 0 Å². The molecule has 0 amide bonds. The first-order valence-electron chi connectivity index (χ1n) is 6.89. The molecule has 2 aliphatic heterocycles. The number of hydrogen-bond acceptors (Lipinski definition) is 6. The standard InChI is InChI=1S/C13H21N3O2S/c1-10-14-15-12(19-10)16-6-4-11-13(8-16,9-17-2)5-3-7-18-11/h11H,3-9H2,1-2H3/t11-,13+/m0/s1. The van der Waals surface area contributed by atoms with E-state index in [1.165, 1.54) is 6.42 Å². The van der Waals surface area contributed by atoms with E-state index in [0.717, 1.165) is 49.3 Å². The van der Waals surface area contributed by atoms with Crippen molar-refractivity contribution in [2.45, 2.75) is 32.3 Å². The molecule has 6 heteroatoms. The molecule has 2 aliphatic rings. The predicted octanol–water partition coefficient (Wildman–Crippen LogP) is 1.87. The van der Waals surface area contributed by atoms with E-state index in [1.54, 1.807) is 18.4 Å². The van der Waals surface area contributed by atoms with Gasteiger partial charge in [0.15, 0.2) is 0 Å². The third kappa shape index (κ3) is 2.49. The fraction of sp³-hybridized carbons (Fsp3) is 0.846. The Bertz CT molecular complexity index is 435. The zero-order chi connectivity index (χ0) is 13.3. The molecule has 1 aromatic heterocycles. The van der Waals surface area contributed by atoms with Crippen LogP contribution in [0.4, 0.5) is 5.13 Å². The van der Waals surface area contributed by atoms with E-state index in [0.29, 0.717) is 6.10 Å². The van der Waals surface area contributed by atoms with Gasteiger partial charge in [0.1, 0.15) is 5.01 Å². The molecule has 0 bridgehead atoms. The molecule has 3 rings (SSSR count). The van der Waals surface area contributed by atoms with Crippen LogP contribution in [-0.2, 0) is 9.47 Å². The zero-order valence-corrected chi connectivity index (χ0v) is 12.4. The Kier molecular flexibility index (Phi) is 3.73. The Morgan fingerprint density at radius 3 is 3.16 bits per heavy atom. The Balaban J connectivity index is 1.80. The van der Waals surface area contributed by atoms with Gasteiger partial charge in [-0.25, -0.2) is 0 Å². The minimum Gasteiger partial charge on any atom is -0.384 e. The van der Waals surface area contributed by atoms with Gasteiger partial charge in [-0.05, 0) is 26.2 Å². The molecular weight excluding hydrogens is 262 g/mol. The second-order valence-electron chi connectivity index (χ2n) is 5.57. The highest BCUT2D eigenvalue weighted by molar-refractivity contribution is 7.15. The van der Waals surface area contributed by atoms with Crippen LogP contribution in [0.5, 0.6) is 0 Å². The molecule has 0 radical (unpaired) electrons. The van der Waals surface area contributed by atoms with E-state index in [-0.39, 0.29) is 5.41 Å². The quantitative estimate of drug-likeness (QED) is 0.847. The van der Waals surface area contributed by atoms with Crippen LogP contribution in [0.2, 0.25) is 0 Å². The summed E-state index contributed by atoms with van der Waals surface area (Å²) in [6, 6.07) is 0. The van der Waals surface area contributed by atoms with Gasteiger partial charge in [0, 0.05) is 32.2 Å². The molecule has 106 valence electrons. The molecule has 0 saturated carbocycles. The zero-order valence-electron chi connectivity index (χ0n) is 11.6. The van der Waals surface area contributed by atoms with Crippen molar-refractivity contribution in [3.63, 3.8) is 0 Å². The maximum atomic E-state index is 5.99. The molecule has 1 aromatic rings. The largest absolute Gasteiger partial charge is 0.384 e. The fourth-order valence-electron chi connectivity index (χ4n) is 3.37. The lowest BCUT2D eigenvalue weighted by molar-refractivity contribution is -0.119. The summed E-state index contributed by atoms with van der Waals surface area (Å²) in [4.78, 5) is 2.36. The maximum Gasteiger partial charge on any atom is 0.208 e. The van der Waals surface area contributed by atoms with Gasteiger partial charge in [0.25, 0.3) is 0 Å². The van der Waals surface area contributed by atoms with Gasteiger partial charge in [-0.3, -0.25) is 0 Å². The van der Waals surface area contributed by atoms with Crippen molar-refractivity contribution in [3.05, 3.63) is 5.01 Å². The minimum atomic E-state index is 0.130. The molecule has 2 atom stereocenters. The average molecular weight is 283 g/mol. The number of piperidine rings is 1. The molecule has 0 N–H and O–H groups in total. The van der Waals surface area contributed by atoms with Gasteiger partial charge in [-0.15, -0.1) is 10.2 Å². The SMILES string of the molecule is COC[C@]12CCCO[C@H]1CCN(c1nnc(C)s1)C2. The first-order valence-corrected chi connectivity index (χ1v) is 7.71. The fourth-order valence-corrected chi connectivity index (χ4v) is 4.08. The maximum absolute atomic E-state index is 5.99. The van der Waals surface area contributed by atoms with Crippen LogP contribution in [0.15, 0.2) is 0 Å². The monoisotopic (exact) mass is 283 g/mol. The number of nitrogens with zero attached hydrogens (tertiary/aromatic N) is 3. The van der Waals surface area contributed by atoms with E-state index in [2.05, 4.69) is 15.1 Å². The highest BCUT2D eigenvalue weighted by atomic mass is 32.1. The molecule has 5 nitrogen and oxygen atoms in total. The predicted molar refractivity (Wildman–Crippen MR) is 74.8 cm³/mol. The number of fused-ring (bicyclic) bond motifs is 1. The summed E-state index contributed by atoms with van der Waals surface area (Å²) in [6.45, 7) is 5.65. The number of methoxy groups -OCH3 is 1. The number of rotatable bonds is 3. The van der Waals surface area contributed by atoms with Gasteiger partial charge < -0.3 is 14.4 Å². The van der Waals surface area contributed by atoms with E-state index in [4.69, 9.17) is 9.47 Å². The normalized spacial score (nSPS) is 31.3. The van der Waals surface area contributed by atoms with Gasteiger partial charge in [-0.1, -0.05) is 11.3 Å². The highest BCUT2D eigenvalue weighted by Gasteiger charge is 2.46. The number of ether oxygens (including phenoxy) is 2. The second kappa shape index (κ2) is 5.34. The summed E-state index contributed by atoms with van der Waals surface area (Å²) in [6.07, 6.45) is 3.71. The molecule has 19 heavy (non-hydrogen) atoms. The van der Waals surface area contributed by atoms with Crippen molar-refractivity contribution in [1.82, 2.24) is 10.2 Å². The molecule has 0 spiro atoms. The Morgan fingerprint density at radius 2 is 2.42 bits per heavy atom. The molecule has 0 unspecified atom stereocenters. The summed E-state index contributed by atoms with van der Waals surface area (Å²) >= 11 is 1.67. The topological polar surface area (TPSA) is 47.5 Å². The van der Waals surface area contributed by atoms with Crippen LogP contribution in [0.25, 0.3) is 0 Å². The van der Waals surface area contributed by atoms with Crippen molar-refractivity contribution < 1.29 is 9.47 Å².